The first kappa shape index (κ1) is 9.85. The average Bonchev–Trinajstić information content (AvgIpc) is 2.18. The molecule has 13 heavy (non-hydrogen) atoms. The highest BCUT2D eigenvalue weighted by molar-refractivity contribution is 5.49. The van der Waals surface area contributed by atoms with Crippen molar-refractivity contribution in [3.63, 3.8) is 0 Å². The average molecular weight is 176 g/mol. The zero-order valence-corrected chi connectivity index (χ0v) is 8.29. The lowest BCUT2D eigenvalue weighted by molar-refractivity contribution is 0.217. The van der Waals surface area contributed by atoms with Gasteiger partial charge in [0.1, 0.15) is 5.75 Å². The Morgan fingerprint density at radius 2 is 2.31 bits per heavy atom. The summed E-state index contributed by atoms with van der Waals surface area (Å²) in [7, 11) is 0. The minimum Gasteiger partial charge on any atom is -0.491 e. The number of hydrogen-bond acceptors (Lipinski definition) is 1. The maximum Gasteiger partial charge on any atom is 0.120 e. The summed E-state index contributed by atoms with van der Waals surface area (Å²) in [4.78, 5) is 0. The van der Waals surface area contributed by atoms with Gasteiger partial charge in [0, 0.05) is 0 Å². The molecule has 0 radical (unpaired) electrons. The molecular formula is C12H16O. The molecule has 0 saturated heterocycles. The standard InChI is InChI=1S/C12H16O/c1-4-10(3)13-12-8-6-7-11(5-2)9-12/h5-10H,2,4H2,1,3H3. The fraction of sp³-hybridized carbons (Fsp3) is 0.333. The summed E-state index contributed by atoms with van der Waals surface area (Å²) in [5.41, 5.74) is 1.10. The number of benzene rings is 1. The maximum absolute atomic E-state index is 5.66. The molecule has 1 atom stereocenters. The molecule has 1 aromatic rings. The van der Waals surface area contributed by atoms with Gasteiger partial charge >= 0.3 is 0 Å². The molecule has 0 aromatic heterocycles. The van der Waals surface area contributed by atoms with E-state index in [-0.39, 0.29) is 6.10 Å². The number of ether oxygens (including phenoxy) is 1. The summed E-state index contributed by atoms with van der Waals surface area (Å²) in [5, 5.41) is 0. The van der Waals surface area contributed by atoms with E-state index in [4.69, 9.17) is 4.74 Å². The van der Waals surface area contributed by atoms with Gasteiger partial charge in [-0.3, -0.25) is 0 Å². The van der Waals surface area contributed by atoms with E-state index in [0.717, 1.165) is 17.7 Å². The van der Waals surface area contributed by atoms with Crippen LogP contribution < -0.4 is 4.74 Å². The Morgan fingerprint density at radius 3 is 2.92 bits per heavy atom. The van der Waals surface area contributed by atoms with Crippen molar-refractivity contribution < 1.29 is 4.74 Å². The molecule has 0 saturated carbocycles. The molecule has 1 heteroatoms. The minimum absolute atomic E-state index is 0.278. The first-order chi connectivity index (χ1) is 6.26. The van der Waals surface area contributed by atoms with Crippen LogP contribution in [-0.4, -0.2) is 6.10 Å². The molecule has 1 rings (SSSR count). The molecule has 0 fully saturated rings. The highest BCUT2D eigenvalue weighted by Crippen LogP contribution is 2.16. The first-order valence-corrected chi connectivity index (χ1v) is 4.65. The van der Waals surface area contributed by atoms with Gasteiger partial charge in [0.05, 0.1) is 6.10 Å². The van der Waals surface area contributed by atoms with Crippen LogP contribution in [0.15, 0.2) is 30.8 Å². The van der Waals surface area contributed by atoms with E-state index in [1.807, 2.05) is 30.3 Å². The van der Waals surface area contributed by atoms with Crippen molar-refractivity contribution in [2.24, 2.45) is 0 Å². The van der Waals surface area contributed by atoms with E-state index in [1.165, 1.54) is 0 Å². The molecular weight excluding hydrogens is 160 g/mol. The van der Waals surface area contributed by atoms with Gasteiger partial charge in [-0.25, -0.2) is 0 Å². The van der Waals surface area contributed by atoms with Crippen LogP contribution in [0.4, 0.5) is 0 Å². The molecule has 0 amide bonds. The van der Waals surface area contributed by atoms with Crippen molar-refractivity contribution in [1.29, 1.82) is 0 Å². The Bertz CT molecular complexity index is 278. The largest absolute Gasteiger partial charge is 0.491 e. The smallest absolute Gasteiger partial charge is 0.120 e. The molecule has 0 spiro atoms. The Balaban J connectivity index is 2.71. The summed E-state index contributed by atoms with van der Waals surface area (Å²) >= 11 is 0. The molecule has 1 unspecified atom stereocenters. The molecule has 0 bridgehead atoms. The molecule has 0 N–H and O–H groups in total. The molecule has 0 aliphatic carbocycles. The molecule has 0 aliphatic heterocycles. The third-order valence-corrected chi connectivity index (χ3v) is 2.01. The molecule has 1 nitrogen and oxygen atoms in total. The summed E-state index contributed by atoms with van der Waals surface area (Å²) in [6.45, 7) is 7.90. The normalized spacial score (nSPS) is 12.2. The van der Waals surface area contributed by atoms with Gasteiger partial charge in [0.2, 0.25) is 0 Å². The monoisotopic (exact) mass is 176 g/mol. The van der Waals surface area contributed by atoms with Gasteiger partial charge in [-0.1, -0.05) is 31.7 Å². The number of rotatable bonds is 4. The minimum atomic E-state index is 0.278. The summed E-state index contributed by atoms with van der Waals surface area (Å²) in [6, 6.07) is 7.96. The second-order valence-electron chi connectivity index (χ2n) is 3.11. The molecule has 0 heterocycles. The quantitative estimate of drug-likeness (QED) is 0.682. The van der Waals surface area contributed by atoms with Crippen molar-refractivity contribution in [3.05, 3.63) is 36.4 Å². The highest BCUT2D eigenvalue weighted by atomic mass is 16.5. The number of hydrogen-bond donors (Lipinski definition) is 0. The van der Waals surface area contributed by atoms with Gasteiger partial charge in [0.15, 0.2) is 0 Å². The van der Waals surface area contributed by atoms with Crippen molar-refractivity contribution in [1.82, 2.24) is 0 Å². The van der Waals surface area contributed by atoms with E-state index < -0.39 is 0 Å². The van der Waals surface area contributed by atoms with Crippen molar-refractivity contribution in [3.8, 4) is 5.75 Å². The second-order valence-corrected chi connectivity index (χ2v) is 3.11. The van der Waals surface area contributed by atoms with Gasteiger partial charge in [-0.15, -0.1) is 0 Å². The summed E-state index contributed by atoms with van der Waals surface area (Å²) in [6.07, 6.45) is 3.13. The van der Waals surface area contributed by atoms with Crippen LogP contribution in [0.2, 0.25) is 0 Å². The fourth-order valence-electron chi connectivity index (χ4n) is 1.03. The first-order valence-electron chi connectivity index (χ1n) is 4.65. The maximum atomic E-state index is 5.66. The van der Waals surface area contributed by atoms with Gasteiger partial charge in [-0.2, -0.15) is 0 Å². The van der Waals surface area contributed by atoms with Crippen LogP contribution in [0, 0.1) is 0 Å². The zero-order valence-electron chi connectivity index (χ0n) is 8.29. The predicted molar refractivity (Wildman–Crippen MR) is 56.9 cm³/mol. The molecule has 70 valence electrons. The predicted octanol–water partition coefficient (Wildman–Crippen LogP) is 3.51. The van der Waals surface area contributed by atoms with Crippen molar-refractivity contribution >= 4 is 6.08 Å². The Labute approximate surface area is 80.0 Å². The Morgan fingerprint density at radius 1 is 1.54 bits per heavy atom. The van der Waals surface area contributed by atoms with Crippen LogP contribution >= 0.6 is 0 Å². The zero-order chi connectivity index (χ0) is 9.68. The van der Waals surface area contributed by atoms with Crippen LogP contribution in [-0.2, 0) is 0 Å². The summed E-state index contributed by atoms with van der Waals surface area (Å²) < 4.78 is 5.66. The van der Waals surface area contributed by atoms with E-state index >= 15 is 0 Å². The SMILES string of the molecule is C=Cc1cccc(OC(C)CC)c1. The van der Waals surface area contributed by atoms with Gasteiger partial charge < -0.3 is 4.74 Å². The third kappa shape index (κ3) is 2.94. The van der Waals surface area contributed by atoms with E-state index in [1.54, 1.807) is 0 Å². The van der Waals surface area contributed by atoms with E-state index in [0.29, 0.717) is 0 Å². The third-order valence-electron chi connectivity index (χ3n) is 2.01. The van der Waals surface area contributed by atoms with Crippen molar-refractivity contribution in [2.75, 3.05) is 0 Å². The lowest BCUT2D eigenvalue weighted by Crippen LogP contribution is -2.09. The van der Waals surface area contributed by atoms with Crippen molar-refractivity contribution in [2.45, 2.75) is 26.4 Å². The van der Waals surface area contributed by atoms with E-state index in [2.05, 4.69) is 20.4 Å². The van der Waals surface area contributed by atoms with Crippen LogP contribution in [0.3, 0.4) is 0 Å². The lowest BCUT2D eigenvalue weighted by atomic mass is 10.2. The van der Waals surface area contributed by atoms with Crippen LogP contribution in [0.1, 0.15) is 25.8 Å². The van der Waals surface area contributed by atoms with E-state index in [9.17, 15) is 0 Å². The Kier molecular flexibility index (Phi) is 3.56. The highest BCUT2D eigenvalue weighted by Gasteiger charge is 2.00. The van der Waals surface area contributed by atoms with Gasteiger partial charge in [-0.05, 0) is 31.0 Å². The lowest BCUT2D eigenvalue weighted by Gasteiger charge is -2.12. The molecule has 1 aromatic carbocycles. The topological polar surface area (TPSA) is 9.23 Å². The summed E-state index contributed by atoms with van der Waals surface area (Å²) in [5.74, 6) is 0.923. The van der Waals surface area contributed by atoms with Crippen LogP contribution in [0.5, 0.6) is 5.75 Å². The second kappa shape index (κ2) is 4.70. The Hall–Kier alpha value is -1.24. The molecule has 0 aliphatic rings. The van der Waals surface area contributed by atoms with Gasteiger partial charge in [0.25, 0.3) is 0 Å². The fourth-order valence-corrected chi connectivity index (χ4v) is 1.03. The van der Waals surface area contributed by atoms with Crippen LogP contribution in [0.25, 0.3) is 6.08 Å².